The van der Waals surface area contributed by atoms with Crippen LogP contribution >= 0.6 is 0 Å². The van der Waals surface area contributed by atoms with Crippen LogP contribution in [0.4, 0.5) is 0 Å². The van der Waals surface area contributed by atoms with Crippen LogP contribution in [0.5, 0.6) is 0 Å². The summed E-state index contributed by atoms with van der Waals surface area (Å²) in [4.78, 5) is 22.7. The lowest BCUT2D eigenvalue weighted by Gasteiger charge is -2.02. The second kappa shape index (κ2) is 8.85. The van der Waals surface area contributed by atoms with Crippen LogP contribution in [0.25, 0.3) is 0 Å². The average molecular weight is 275 g/mol. The number of benzene rings is 1. The Hall–Kier alpha value is -2.17. The van der Waals surface area contributed by atoms with E-state index in [1.165, 1.54) is 11.8 Å². The number of unbranched alkanes of at least 4 members (excludes halogenated alkanes) is 1. The van der Waals surface area contributed by atoms with E-state index < -0.39 is 11.8 Å². The summed E-state index contributed by atoms with van der Waals surface area (Å²) in [7, 11) is 0. The van der Waals surface area contributed by atoms with Gasteiger partial charge in [0.2, 0.25) is 0 Å². The topological polar surface area (TPSA) is 70.6 Å². The monoisotopic (exact) mass is 275 g/mol. The van der Waals surface area contributed by atoms with Crippen molar-refractivity contribution in [1.82, 2.24) is 10.7 Å². The second-order valence-electron chi connectivity index (χ2n) is 4.40. The predicted octanol–water partition coefficient (Wildman–Crippen LogP) is 1.62. The maximum atomic E-state index is 11.4. The standard InChI is InChI=1S/C15H21N3O2/c1-3-5-10-16-14(19)15(20)18-17-11-13-8-6-12(4-2)7-9-13/h6-9,11H,3-5,10H2,1-2H3,(H,16,19)(H,18,20)/b17-11+. The number of aryl methyl sites for hydroxylation is 1. The van der Waals surface area contributed by atoms with E-state index in [2.05, 4.69) is 22.8 Å². The first-order valence-electron chi connectivity index (χ1n) is 6.87. The molecule has 0 aliphatic carbocycles. The quantitative estimate of drug-likeness (QED) is 0.358. The Morgan fingerprint density at radius 3 is 2.45 bits per heavy atom. The van der Waals surface area contributed by atoms with Crippen molar-refractivity contribution in [3.63, 3.8) is 0 Å². The van der Waals surface area contributed by atoms with E-state index in [0.717, 1.165) is 24.8 Å². The third-order valence-corrected chi connectivity index (χ3v) is 2.79. The number of hydrazone groups is 1. The molecule has 0 heterocycles. The minimum Gasteiger partial charge on any atom is -0.348 e. The molecule has 1 aromatic carbocycles. The Labute approximate surface area is 119 Å². The van der Waals surface area contributed by atoms with Gasteiger partial charge in [-0.2, -0.15) is 5.10 Å². The molecule has 108 valence electrons. The molecule has 5 nitrogen and oxygen atoms in total. The van der Waals surface area contributed by atoms with Gasteiger partial charge in [-0.05, 0) is 24.0 Å². The van der Waals surface area contributed by atoms with Gasteiger partial charge in [0.1, 0.15) is 0 Å². The summed E-state index contributed by atoms with van der Waals surface area (Å²) in [5.41, 5.74) is 4.31. The lowest BCUT2D eigenvalue weighted by Crippen LogP contribution is -2.38. The molecular weight excluding hydrogens is 254 g/mol. The molecule has 0 saturated carbocycles. The molecule has 0 aromatic heterocycles. The molecule has 0 fully saturated rings. The Balaban J connectivity index is 2.39. The van der Waals surface area contributed by atoms with Gasteiger partial charge in [0.25, 0.3) is 0 Å². The molecule has 0 saturated heterocycles. The van der Waals surface area contributed by atoms with Crippen molar-refractivity contribution in [3.8, 4) is 0 Å². The van der Waals surface area contributed by atoms with Crippen molar-refractivity contribution < 1.29 is 9.59 Å². The van der Waals surface area contributed by atoms with Crippen molar-refractivity contribution in [2.75, 3.05) is 6.54 Å². The molecule has 0 aliphatic heterocycles. The fourth-order valence-corrected chi connectivity index (χ4v) is 1.51. The number of carbonyl (C=O) groups is 2. The number of carbonyl (C=O) groups excluding carboxylic acids is 2. The zero-order valence-corrected chi connectivity index (χ0v) is 12.0. The van der Waals surface area contributed by atoms with E-state index in [0.29, 0.717) is 6.54 Å². The molecule has 0 atom stereocenters. The smallest absolute Gasteiger partial charge is 0.329 e. The van der Waals surface area contributed by atoms with Crippen LogP contribution in [0.3, 0.4) is 0 Å². The number of amides is 2. The third kappa shape index (κ3) is 5.65. The molecule has 5 heteroatoms. The largest absolute Gasteiger partial charge is 0.348 e. The average Bonchev–Trinajstić information content (AvgIpc) is 2.48. The van der Waals surface area contributed by atoms with Crippen molar-refractivity contribution in [2.45, 2.75) is 33.1 Å². The summed E-state index contributed by atoms with van der Waals surface area (Å²) in [6.45, 7) is 4.60. The lowest BCUT2D eigenvalue weighted by molar-refractivity contribution is -0.139. The molecule has 0 bridgehead atoms. The van der Waals surface area contributed by atoms with E-state index in [1.807, 2.05) is 31.2 Å². The van der Waals surface area contributed by atoms with Crippen LogP contribution in [-0.4, -0.2) is 24.6 Å². The SMILES string of the molecule is CCCCNC(=O)C(=O)N/N=C/c1ccc(CC)cc1. The molecule has 0 spiro atoms. The molecule has 20 heavy (non-hydrogen) atoms. The minimum atomic E-state index is -0.748. The Bertz CT molecular complexity index is 467. The van der Waals surface area contributed by atoms with Gasteiger partial charge in [0.05, 0.1) is 6.21 Å². The number of rotatable bonds is 6. The zero-order chi connectivity index (χ0) is 14.8. The fraction of sp³-hybridized carbons (Fsp3) is 0.400. The summed E-state index contributed by atoms with van der Waals surface area (Å²) >= 11 is 0. The van der Waals surface area contributed by atoms with Crippen molar-refractivity contribution in [1.29, 1.82) is 0 Å². The van der Waals surface area contributed by atoms with Gasteiger partial charge >= 0.3 is 11.8 Å². The number of hydrogen-bond donors (Lipinski definition) is 2. The Kier molecular flexibility index (Phi) is 7.03. The summed E-state index contributed by atoms with van der Waals surface area (Å²) in [5.74, 6) is -1.40. The zero-order valence-electron chi connectivity index (χ0n) is 12.0. The van der Waals surface area contributed by atoms with Gasteiger partial charge in [-0.3, -0.25) is 9.59 Å². The number of nitrogens with zero attached hydrogens (tertiary/aromatic N) is 1. The van der Waals surface area contributed by atoms with Gasteiger partial charge in [0, 0.05) is 6.54 Å². The predicted molar refractivity (Wildman–Crippen MR) is 79.5 cm³/mol. The van der Waals surface area contributed by atoms with Crippen molar-refractivity contribution in [3.05, 3.63) is 35.4 Å². The van der Waals surface area contributed by atoms with Crippen molar-refractivity contribution >= 4 is 18.0 Å². The highest BCUT2D eigenvalue weighted by Gasteiger charge is 2.10. The first-order chi connectivity index (χ1) is 9.67. The first kappa shape index (κ1) is 15.9. The van der Waals surface area contributed by atoms with E-state index in [1.54, 1.807) is 0 Å². The van der Waals surface area contributed by atoms with Crippen LogP contribution in [0.2, 0.25) is 0 Å². The van der Waals surface area contributed by atoms with E-state index >= 15 is 0 Å². The van der Waals surface area contributed by atoms with E-state index in [-0.39, 0.29) is 0 Å². The molecule has 0 unspecified atom stereocenters. The molecule has 0 aliphatic rings. The van der Waals surface area contributed by atoms with Crippen LogP contribution in [0.1, 0.15) is 37.8 Å². The van der Waals surface area contributed by atoms with Gasteiger partial charge in [-0.15, -0.1) is 0 Å². The maximum absolute atomic E-state index is 11.4. The van der Waals surface area contributed by atoms with E-state index in [4.69, 9.17) is 0 Å². The molecule has 1 rings (SSSR count). The highest BCUT2D eigenvalue weighted by molar-refractivity contribution is 6.35. The Morgan fingerprint density at radius 1 is 1.15 bits per heavy atom. The highest BCUT2D eigenvalue weighted by Crippen LogP contribution is 2.02. The molecule has 1 aromatic rings. The van der Waals surface area contributed by atoms with Crippen LogP contribution in [0, 0.1) is 0 Å². The van der Waals surface area contributed by atoms with Crippen LogP contribution in [0.15, 0.2) is 29.4 Å². The van der Waals surface area contributed by atoms with Gasteiger partial charge in [0.15, 0.2) is 0 Å². The van der Waals surface area contributed by atoms with Crippen LogP contribution in [-0.2, 0) is 16.0 Å². The molecule has 0 radical (unpaired) electrons. The van der Waals surface area contributed by atoms with Crippen LogP contribution < -0.4 is 10.7 Å². The third-order valence-electron chi connectivity index (χ3n) is 2.79. The van der Waals surface area contributed by atoms with Crippen molar-refractivity contribution in [2.24, 2.45) is 5.10 Å². The second-order valence-corrected chi connectivity index (χ2v) is 4.40. The van der Waals surface area contributed by atoms with Gasteiger partial charge < -0.3 is 5.32 Å². The maximum Gasteiger partial charge on any atom is 0.329 e. The summed E-state index contributed by atoms with van der Waals surface area (Å²) in [6, 6.07) is 7.83. The highest BCUT2D eigenvalue weighted by atomic mass is 16.2. The van der Waals surface area contributed by atoms with Gasteiger partial charge in [-0.1, -0.05) is 44.5 Å². The number of hydrogen-bond acceptors (Lipinski definition) is 3. The Morgan fingerprint density at radius 2 is 1.85 bits per heavy atom. The first-order valence-corrected chi connectivity index (χ1v) is 6.87. The molecule has 2 N–H and O–H groups in total. The summed E-state index contributed by atoms with van der Waals surface area (Å²) in [5, 5.41) is 6.28. The fourth-order valence-electron chi connectivity index (χ4n) is 1.51. The normalized spacial score (nSPS) is 10.5. The summed E-state index contributed by atoms with van der Waals surface area (Å²) < 4.78 is 0. The summed E-state index contributed by atoms with van der Waals surface area (Å²) in [6.07, 6.45) is 4.31. The minimum absolute atomic E-state index is 0.505. The molecular formula is C15H21N3O2. The van der Waals surface area contributed by atoms with E-state index in [9.17, 15) is 9.59 Å². The lowest BCUT2D eigenvalue weighted by atomic mass is 10.1. The van der Waals surface area contributed by atoms with Gasteiger partial charge in [-0.25, -0.2) is 5.43 Å². The number of nitrogens with one attached hydrogen (secondary N) is 2. The molecule has 2 amide bonds.